The Hall–Kier alpha value is -2.57. The Balaban J connectivity index is 2.18. The van der Waals surface area contributed by atoms with Crippen molar-refractivity contribution in [3.63, 3.8) is 0 Å². The van der Waals surface area contributed by atoms with Crippen LogP contribution < -0.4 is 0 Å². The predicted octanol–water partition coefficient (Wildman–Crippen LogP) is 2.62. The van der Waals surface area contributed by atoms with E-state index in [2.05, 4.69) is 6.58 Å². The molecule has 3 aliphatic carbocycles. The first-order valence-electron chi connectivity index (χ1n) is 10.7. The summed E-state index contributed by atoms with van der Waals surface area (Å²) in [4.78, 5) is 62.1. The van der Waals surface area contributed by atoms with Crippen molar-refractivity contribution in [1.29, 1.82) is 0 Å². The van der Waals surface area contributed by atoms with Crippen LogP contribution in [0.2, 0.25) is 0 Å². The zero-order valence-electron chi connectivity index (χ0n) is 18.5. The molecule has 168 valence electrons. The zero-order valence-corrected chi connectivity index (χ0v) is 18.5. The van der Waals surface area contributed by atoms with E-state index in [0.717, 1.165) is 0 Å². The van der Waals surface area contributed by atoms with Crippen molar-refractivity contribution in [2.75, 3.05) is 6.61 Å². The lowest BCUT2D eigenvalue weighted by Gasteiger charge is -2.59. The van der Waals surface area contributed by atoms with Crippen molar-refractivity contribution in [3.05, 3.63) is 24.3 Å². The van der Waals surface area contributed by atoms with Gasteiger partial charge in [0.15, 0.2) is 17.7 Å². The van der Waals surface area contributed by atoms with Gasteiger partial charge in [-0.2, -0.15) is 0 Å². The summed E-state index contributed by atoms with van der Waals surface area (Å²) in [7, 11) is 0. The number of hydrogen-bond acceptors (Lipinski definition) is 7. The fraction of sp³-hybridized carbons (Fsp3) is 0.625. The van der Waals surface area contributed by atoms with Gasteiger partial charge in [0.25, 0.3) is 0 Å². The first kappa shape index (κ1) is 23.1. The summed E-state index contributed by atoms with van der Waals surface area (Å²) >= 11 is 0. The highest BCUT2D eigenvalue weighted by Gasteiger charge is 2.68. The normalized spacial score (nSPS) is 36.1. The highest BCUT2D eigenvalue weighted by Crippen LogP contribution is 2.61. The number of Topliss-reactive ketones (excluding diaryl/α,β-unsaturated/α-hetero) is 1. The lowest BCUT2D eigenvalue weighted by atomic mass is 9.43. The van der Waals surface area contributed by atoms with Crippen LogP contribution in [0.25, 0.3) is 0 Å². The molecule has 0 spiro atoms. The number of carbonyl (C=O) groups excluding carboxylic acids is 5. The Kier molecular flexibility index (Phi) is 6.09. The van der Waals surface area contributed by atoms with Crippen LogP contribution in [0.5, 0.6) is 0 Å². The van der Waals surface area contributed by atoms with E-state index in [1.54, 1.807) is 6.08 Å². The van der Waals surface area contributed by atoms with E-state index in [4.69, 9.17) is 9.47 Å². The minimum atomic E-state index is -1.18. The van der Waals surface area contributed by atoms with Crippen molar-refractivity contribution in [3.8, 4) is 0 Å². The van der Waals surface area contributed by atoms with Gasteiger partial charge in [0, 0.05) is 25.7 Å². The van der Waals surface area contributed by atoms with Gasteiger partial charge < -0.3 is 9.47 Å². The number of rotatable bonds is 5. The van der Waals surface area contributed by atoms with Gasteiger partial charge in [-0.3, -0.25) is 24.0 Å². The summed E-state index contributed by atoms with van der Waals surface area (Å²) in [6.45, 7) is 9.94. The van der Waals surface area contributed by atoms with Crippen LogP contribution in [0.3, 0.4) is 0 Å². The molecular weight excluding hydrogens is 400 g/mol. The number of ketones is 2. The molecule has 7 heteroatoms. The molecule has 31 heavy (non-hydrogen) atoms. The number of fused-ring (bicyclic) bond motifs is 3. The molecule has 0 bridgehead atoms. The highest BCUT2D eigenvalue weighted by molar-refractivity contribution is 6.01. The minimum absolute atomic E-state index is 0.175. The summed E-state index contributed by atoms with van der Waals surface area (Å²) in [6.07, 6.45) is 4.29. The minimum Gasteiger partial charge on any atom is -0.465 e. The molecule has 3 rings (SSSR count). The molecule has 0 aromatic carbocycles. The molecule has 0 radical (unpaired) electrons. The van der Waals surface area contributed by atoms with Gasteiger partial charge >= 0.3 is 11.9 Å². The van der Waals surface area contributed by atoms with Gasteiger partial charge in [-0.15, -0.1) is 0 Å². The molecule has 0 aliphatic heterocycles. The van der Waals surface area contributed by atoms with Crippen molar-refractivity contribution in [2.24, 2.45) is 34.5 Å². The average Bonchev–Trinajstić information content (AvgIpc) is 2.70. The molecule has 0 aromatic rings. The smallest absolute Gasteiger partial charge is 0.303 e. The molecule has 7 nitrogen and oxygen atoms in total. The SMILES string of the molecule is C=C(C=O)[C@@H]1CC[C@@H]2[C@@H](C1)C(=O)[C@@H](OC(C)=O)[C@@H]1C(C)(C)C=CC(=O)[C@@]21COC(C)=O. The second-order valence-corrected chi connectivity index (χ2v) is 9.67. The number of carbonyl (C=O) groups is 5. The molecule has 0 unspecified atom stereocenters. The quantitative estimate of drug-likeness (QED) is 0.375. The largest absolute Gasteiger partial charge is 0.465 e. The van der Waals surface area contributed by atoms with E-state index >= 15 is 0 Å². The van der Waals surface area contributed by atoms with E-state index in [1.165, 1.54) is 19.9 Å². The van der Waals surface area contributed by atoms with Crippen LogP contribution >= 0.6 is 0 Å². The van der Waals surface area contributed by atoms with E-state index in [0.29, 0.717) is 31.1 Å². The van der Waals surface area contributed by atoms with E-state index in [1.807, 2.05) is 13.8 Å². The van der Waals surface area contributed by atoms with Gasteiger partial charge in [-0.1, -0.05) is 26.5 Å². The topological polar surface area (TPSA) is 104 Å². The Morgan fingerprint density at radius 2 is 1.87 bits per heavy atom. The molecule has 2 saturated carbocycles. The van der Waals surface area contributed by atoms with Crippen LogP contribution in [-0.4, -0.2) is 42.5 Å². The van der Waals surface area contributed by atoms with Gasteiger partial charge in [0.1, 0.15) is 12.9 Å². The summed E-state index contributed by atoms with van der Waals surface area (Å²) in [6, 6.07) is 0. The molecule has 0 saturated heterocycles. The highest BCUT2D eigenvalue weighted by atomic mass is 16.5. The van der Waals surface area contributed by atoms with Gasteiger partial charge in [0.05, 0.1) is 5.41 Å². The number of allylic oxidation sites excluding steroid dienone is 3. The molecule has 0 amide bonds. The number of aldehydes is 1. The molecular formula is C24H30O7. The van der Waals surface area contributed by atoms with Crippen LogP contribution in [0, 0.1) is 34.5 Å². The summed E-state index contributed by atoms with van der Waals surface area (Å²) in [5.74, 6) is -3.41. The number of esters is 2. The fourth-order valence-corrected chi connectivity index (χ4v) is 6.14. The maximum absolute atomic E-state index is 13.6. The third-order valence-electron chi connectivity index (χ3n) is 7.42. The van der Waals surface area contributed by atoms with Gasteiger partial charge in [0.2, 0.25) is 0 Å². The standard InChI is InChI=1S/C24H30O7/c1-13(11-25)16-6-7-18-17(10-16)20(29)21(31-15(3)27)22-23(4,5)9-8-19(28)24(18,22)12-30-14(2)26/h8-9,11,16-18,21-22H,1,6-7,10,12H2,2-5H3/t16-,17-,18-,21-,22-,24-/m1/s1. The van der Waals surface area contributed by atoms with Crippen LogP contribution in [0.4, 0.5) is 0 Å². The van der Waals surface area contributed by atoms with Crippen LogP contribution in [0.15, 0.2) is 24.3 Å². The van der Waals surface area contributed by atoms with Gasteiger partial charge in [-0.05, 0) is 48.2 Å². The lowest BCUT2D eigenvalue weighted by Crippen LogP contribution is -2.67. The lowest BCUT2D eigenvalue weighted by molar-refractivity contribution is -0.199. The van der Waals surface area contributed by atoms with Crippen molar-refractivity contribution in [1.82, 2.24) is 0 Å². The summed E-state index contributed by atoms with van der Waals surface area (Å²) < 4.78 is 11.0. The van der Waals surface area contributed by atoms with Crippen LogP contribution in [0.1, 0.15) is 47.0 Å². The summed E-state index contributed by atoms with van der Waals surface area (Å²) in [5.41, 5.74) is -1.42. The van der Waals surface area contributed by atoms with Crippen molar-refractivity contribution >= 4 is 29.8 Å². The Labute approximate surface area is 182 Å². The fourth-order valence-electron chi connectivity index (χ4n) is 6.14. The Morgan fingerprint density at radius 3 is 2.45 bits per heavy atom. The third kappa shape index (κ3) is 3.79. The second kappa shape index (κ2) is 8.17. The molecule has 2 fully saturated rings. The Morgan fingerprint density at radius 1 is 1.19 bits per heavy atom. The van der Waals surface area contributed by atoms with E-state index in [-0.39, 0.29) is 30.0 Å². The predicted molar refractivity (Wildman–Crippen MR) is 111 cm³/mol. The molecule has 0 heterocycles. The average molecular weight is 430 g/mol. The van der Waals surface area contributed by atoms with Crippen molar-refractivity contribution in [2.45, 2.75) is 53.1 Å². The number of ether oxygens (including phenoxy) is 2. The van der Waals surface area contributed by atoms with Crippen molar-refractivity contribution < 1.29 is 33.4 Å². The monoisotopic (exact) mass is 430 g/mol. The zero-order chi connectivity index (χ0) is 23.1. The molecule has 0 N–H and O–H groups in total. The Bertz CT molecular complexity index is 867. The van der Waals surface area contributed by atoms with E-state index in [9.17, 15) is 24.0 Å². The molecule has 6 atom stereocenters. The molecule has 0 aromatic heterocycles. The maximum atomic E-state index is 13.6. The third-order valence-corrected chi connectivity index (χ3v) is 7.42. The summed E-state index contributed by atoms with van der Waals surface area (Å²) in [5, 5.41) is 0. The van der Waals surface area contributed by atoms with Gasteiger partial charge in [-0.25, -0.2) is 0 Å². The molecule has 3 aliphatic rings. The van der Waals surface area contributed by atoms with Crippen LogP contribution in [-0.2, 0) is 33.4 Å². The van der Waals surface area contributed by atoms with E-state index < -0.39 is 40.7 Å². The number of hydrogen-bond donors (Lipinski definition) is 0. The second-order valence-electron chi connectivity index (χ2n) is 9.67. The maximum Gasteiger partial charge on any atom is 0.303 e. The first-order valence-corrected chi connectivity index (χ1v) is 10.7. The first-order chi connectivity index (χ1) is 14.5.